The molecule has 5 heteroatoms. The summed E-state index contributed by atoms with van der Waals surface area (Å²) in [6.07, 6.45) is 3.31. The second-order valence-corrected chi connectivity index (χ2v) is 4.86. The molecular formula is C13H14BrN3O. The molecule has 2 aromatic rings. The van der Waals surface area contributed by atoms with Gasteiger partial charge in [-0.3, -0.25) is 0 Å². The molecule has 0 fully saturated rings. The van der Waals surface area contributed by atoms with E-state index in [1.165, 1.54) is 0 Å². The highest BCUT2D eigenvalue weighted by atomic mass is 79.9. The second-order valence-electron chi connectivity index (χ2n) is 4.01. The van der Waals surface area contributed by atoms with E-state index in [4.69, 9.17) is 10.5 Å². The largest absolute Gasteiger partial charge is 0.489 e. The van der Waals surface area contributed by atoms with Crippen LogP contribution >= 0.6 is 15.9 Å². The lowest BCUT2D eigenvalue weighted by Gasteiger charge is -2.08. The first-order chi connectivity index (χ1) is 8.66. The predicted octanol–water partition coefficient (Wildman–Crippen LogP) is 2.63. The maximum absolute atomic E-state index is 5.61. The van der Waals surface area contributed by atoms with Gasteiger partial charge in [-0.05, 0) is 13.0 Å². The van der Waals surface area contributed by atoms with Crippen LogP contribution in [0.4, 0.5) is 0 Å². The first-order valence-corrected chi connectivity index (χ1v) is 6.41. The molecule has 0 aliphatic rings. The van der Waals surface area contributed by atoms with Gasteiger partial charge in [0.2, 0.25) is 0 Å². The molecule has 0 bridgehead atoms. The summed E-state index contributed by atoms with van der Waals surface area (Å²) in [6, 6.07) is 7.81. The number of benzene rings is 1. The summed E-state index contributed by atoms with van der Waals surface area (Å²) < 4.78 is 6.39. The first-order valence-electron chi connectivity index (χ1n) is 5.62. The average Bonchev–Trinajstić information content (AvgIpc) is 2.38. The van der Waals surface area contributed by atoms with Crippen molar-refractivity contribution in [1.82, 2.24) is 9.97 Å². The Bertz CT molecular complexity index is 514. The van der Waals surface area contributed by atoms with Crippen molar-refractivity contribution in [2.75, 3.05) is 6.61 Å². The molecule has 0 amide bonds. The smallest absolute Gasteiger partial charge is 0.160 e. The lowest BCUT2D eigenvalue weighted by Crippen LogP contribution is -2.23. The molecule has 4 nitrogen and oxygen atoms in total. The Morgan fingerprint density at radius 3 is 2.56 bits per heavy atom. The fourth-order valence-corrected chi connectivity index (χ4v) is 1.86. The highest BCUT2D eigenvalue weighted by molar-refractivity contribution is 9.10. The third kappa shape index (κ3) is 3.27. The van der Waals surface area contributed by atoms with Crippen LogP contribution in [0, 0.1) is 0 Å². The Morgan fingerprint density at radius 2 is 1.94 bits per heavy atom. The summed E-state index contributed by atoms with van der Waals surface area (Å²) in [5, 5.41) is 0. The van der Waals surface area contributed by atoms with Crippen molar-refractivity contribution in [1.29, 1.82) is 0 Å². The number of rotatable bonds is 4. The van der Waals surface area contributed by atoms with Crippen LogP contribution in [0.2, 0.25) is 0 Å². The Labute approximate surface area is 114 Å². The molecule has 0 saturated heterocycles. The molecular weight excluding hydrogens is 294 g/mol. The molecule has 2 rings (SSSR count). The summed E-state index contributed by atoms with van der Waals surface area (Å²) in [5.41, 5.74) is 6.56. The van der Waals surface area contributed by atoms with Crippen LogP contribution in [-0.2, 0) is 0 Å². The Kier molecular flexibility index (Phi) is 4.28. The molecule has 1 unspecified atom stereocenters. The van der Waals surface area contributed by atoms with E-state index in [0.717, 1.165) is 10.0 Å². The van der Waals surface area contributed by atoms with E-state index in [1.54, 1.807) is 12.4 Å². The van der Waals surface area contributed by atoms with E-state index in [2.05, 4.69) is 25.9 Å². The molecule has 1 aromatic heterocycles. The summed E-state index contributed by atoms with van der Waals surface area (Å²) in [7, 11) is 0. The van der Waals surface area contributed by atoms with E-state index in [0.29, 0.717) is 18.2 Å². The number of hydrogen-bond acceptors (Lipinski definition) is 4. The summed E-state index contributed by atoms with van der Waals surface area (Å²) in [6.45, 7) is 2.34. The lowest BCUT2D eigenvalue weighted by atomic mass is 10.2. The summed E-state index contributed by atoms with van der Waals surface area (Å²) in [5.74, 6) is 1.29. The summed E-state index contributed by atoms with van der Waals surface area (Å²) >= 11 is 3.47. The van der Waals surface area contributed by atoms with Gasteiger partial charge in [0.15, 0.2) is 11.6 Å². The Hall–Kier alpha value is -1.46. The van der Waals surface area contributed by atoms with E-state index in [-0.39, 0.29) is 6.04 Å². The van der Waals surface area contributed by atoms with E-state index in [9.17, 15) is 0 Å². The van der Waals surface area contributed by atoms with Gasteiger partial charge >= 0.3 is 0 Å². The molecule has 1 heterocycles. The van der Waals surface area contributed by atoms with Gasteiger partial charge in [0.05, 0.1) is 12.4 Å². The molecule has 2 N–H and O–H groups in total. The van der Waals surface area contributed by atoms with Crippen LogP contribution in [0.15, 0.2) is 41.1 Å². The lowest BCUT2D eigenvalue weighted by molar-refractivity contribution is 0.294. The topological polar surface area (TPSA) is 61.0 Å². The van der Waals surface area contributed by atoms with Crippen LogP contribution in [0.5, 0.6) is 5.75 Å². The Balaban J connectivity index is 2.15. The zero-order chi connectivity index (χ0) is 13.0. The minimum Gasteiger partial charge on any atom is -0.489 e. The van der Waals surface area contributed by atoms with Crippen LogP contribution in [0.25, 0.3) is 11.4 Å². The zero-order valence-electron chi connectivity index (χ0n) is 10.0. The molecule has 18 heavy (non-hydrogen) atoms. The average molecular weight is 308 g/mol. The summed E-state index contributed by atoms with van der Waals surface area (Å²) in [4.78, 5) is 8.56. The molecule has 1 aromatic carbocycles. The Morgan fingerprint density at radius 1 is 1.28 bits per heavy atom. The van der Waals surface area contributed by atoms with Gasteiger partial charge in [-0.15, -0.1) is 0 Å². The third-order valence-corrected chi connectivity index (χ3v) is 2.95. The number of hydrogen-bond donors (Lipinski definition) is 1. The number of halogens is 1. The van der Waals surface area contributed by atoms with Crippen molar-refractivity contribution in [3.63, 3.8) is 0 Å². The van der Waals surface area contributed by atoms with Crippen molar-refractivity contribution in [2.45, 2.75) is 13.0 Å². The van der Waals surface area contributed by atoms with E-state index in [1.807, 2.05) is 31.2 Å². The van der Waals surface area contributed by atoms with Gasteiger partial charge in [0, 0.05) is 16.1 Å². The highest BCUT2D eigenvalue weighted by Crippen LogP contribution is 2.25. The van der Waals surface area contributed by atoms with Gasteiger partial charge in [-0.25, -0.2) is 9.97 Å². The fourth-order valence-electron chi connectivity index (χ4n) is 1.40. The first kappa shape index (κ1) is 13.0. The van der Waals surface area contributed by atoms with Gasteiger partial charge in [-0.1, -0.05) is 34.1 Å². The maximum Gasteiger partial charge on any atom is 0.160 e. The van der Waals surface area contributed by atoms with E-state index >= 15 is 0 Å². The van der Waals surface area contributed by atoms with Crippen LogP contribution in [0.3, 0.4) is 0 Å². The van der Waals surface area contributed by atoms with Gasteiger partial charge in [0.25, 0.3) is 0 Å². The van der Waals surface area contributed by atoms with Gasteiger partial charge < -0.3 is 10.5 Å². The fraction of sp³-hybridized carbons (Fsp3) is 0.231. The van der Waals surface area contributed by atoms with Crippen molar-refractivity contribution in [2.24, 2.45) is 5.73 Å². The van der Waals surface area contributed by atoms with Crippen LogP contribution in [-0.4, -0.2) is 22.6 Å². The monoisotopic (exact) mass is 307 g/mol. The van der Waals surface area contributed by atoms with Crippen molar-refractivity contribution >= 4 is 15.9 Å². The molecule has 94 valence electrons. The molecule has 0 aliphatic heterocycles. The molecule has 0 saturated carbocycles. The highest BCUT2D eigenvalue weighted by Gasteiger charge is 2.05. The quantitative estimate of drug-likeness (QED) is 0.943. The third-order valence-electron chi connectivity index (χ3n) is 2.26. The molecule has 0 radical (unpaired) electrons. The molecule has 0 aliphatic carbocycles. The SMILES string of the molecule is CC(N)COc1cnc(-c2ccccc2Br)nc1. The van der Waals surface area contributed by atoms with Crippen molar-refractivity contribution in [3.05, 3.63) is 41.1 Å². The van der Waals surface area contributed by atoms with Crippen molar-refractivity contribution in [3.8, 4) is 17.1 Å². The maximum atomic E-state index is 5.61. The number of aromatic nitrogens is 2. The molecule has 1 atom stereocenters. The number of ether oxygens (including phenoxy) is 1. The normalized spacial score (nSPS) is 12.2. The number of nitrogens with zero attached hydrogens (tertiary/aromatic N) is 2. The second kappa shape index (κ2) is 5.93. The molecule has 0 spiro atoms. The zero-order valence-corrected chi connectivity index (χ0v) is 11.6. The number of nitrogens with two attached hydrogens (primary N) is 1. The minimum absolute atomic E-state index is 0.00653. The minimum atomic E-state index is -0.00653. The van der Waals surface area contributed by atoms with Crippen LogP contribution < -0.4 is 10.5 Å². The predicted molar refractivity (Wildman–Crippen MR) is 74.3 cm³/mol. The van der Waals surface area contributed by atoms with Gasteiger partial charge in [0.1, 0.15) is 6.61 Å². The van der Waals surface area contributed by atoms with E-state index < -0.39 is 0 Å². The van der Waals surface area contributed by atoms with Crippen LogP contribution in [0.1, 0.15) is 6.92 Å². The van der Waals surface area contributed by atoms with Gasteiger partial charge in [-0.2, -0.15) is 0 Å². The standard InChI is InChI=1S/C13H14BrN3O/c1-9(15)8-18-10-6-16-13(17-7-10)11-4-2-3-5-12(11)14/h2-7,9H,8,15H2,1H3. The van der Waals surface area contributed by atoms with Crippen molar-refractivity contribution < 1.29 is 4.74 Å².